The molecule has 6 nitrogen and oxygen atoms in total. The molecule has 136 valence electrons. The SMILES string of the molecule is COc1ccc(NC(=O)/C=C/c2ccc(C(=O)N(C)C)cc2)c(OC)c1. The number of nitrogens with one attached hydrogen (secondary N) is 1. The first kappa shape index (κ1) is 19.1. The fourth-order valence-corrected chi connectivity index (χ4v) is 2.24. The zero-order valence-electron chi connectivity index (χ0n) is 15.3. The summed E-state index contributed by atoms with van der Waals surface area (Å²) < 4.78 is 10.4. The van der Waals surface area contributed by atoms with Crippen molar-refractivity contribution in [3.05, 3.63) is 59.7 Å². The average Bonchev–Trinajstić information content (AvgIpc) is 2.66. The molecule has 2 aromatic carbocycles. The Labute approximate surface area is 153 Å². The molecule has 0 aliphatic carbocycles. The predicted molar refractivity (Wildman–Crippen MR) is 102 cm³/mol. The van der Waals surface area contributed by atoms with Crippen LogP contribution in [0.1, 0.15) is 15.9 Å². The maximum atomic E-state index is 12.1. The molecular weight excluding hydrogens is 332 g/mol. The Bertz CT molecular complexity index is 811. The zero-order valence-corrected chi connectivity index (χ0v) is 15.3. The van der Waals surface area contributed by atoms with E-state index in [1.165, 1.54) is 18.1 Å². The Balaban J connectivity index is 2.04. The fraction of sp³-hybridized carbons (Fsp3) is 0.200. The fourth-order valence-electron chi connectivity index (χ4n) is 2.24. The predicted octanol–water partition coefficient (Wildman–Crippen LogP) is 3.06. The normalized spacial score (nSPS) is 10.5. The molecule has 0 radical (unpaired) electrons. The summed E-state index contributed by atoms with van der Waals surface area (Å²) in [5.41, 5.74) is 1.96. The standard InChI is InChI=1S/C20H22N2O4/c1-22(2)20(24)15-8-5-14(6-9-15)7-12-19(23)21-17-11-10-16(25-3)13-18(17)26-4/h5-13H,1-4H3,(H,21,23)/b12-7+. The van der Waals surface area contributed by atoms with E-state index in [1.807, 2.05) is 0 Å². The van der Waals surface area contributed by atoms with Gasteiger partial charge in [-0.05, 0) is 35.9 Å². The highest BCUT2D eigenvalue weighted by molar-refractivity contribution is 6.03. The highest BCUT2D eigenvalue weighted by Gasteiger charge is 2.08. The lowest BCUT2D eigenvalue weighted by Crippen LogP contribution is -2.21. The van der Waals surface area contributed by atoms with Crippen LogP contribution >= 0.6 is 0 Å². The molecule has 0 bridgehead atoms. The number of amides is 2. The van der Waals surface area contributed by atoms with Crippen molar-refractivity contribution in [3.8, 4) is 11.5 Å². The lowest BCUT2D eigenvalue weighted by molar-refractivity contribution is -0.111. The van der Waals surface area contributed by atoms with Gasteiger partial charge in [0.15, 0.2) is 0 Å². The molecule has 2 amide bonds. The van der Waals surface area contributed by atoms with Crippen molar-refractivity contribution in [2.75, 3.05) is 33.6 Å². The molecule has 0 aliphatic heterocycles. The summed E-state index contributed by atoms with van der Waals surface area (Å²) in [7, 11) is 6.49. The molecule has 0 heterocycles. The van der Waals surface area contributed by atoms with E-state index in [-0.39, 0.29) is 11.8 Å². The third-order valence-electron chi connectivity index (χ3n) is 3.66. The molecule has 0 saturated heterocycles. The first-order chi connectivity index (χ1) is 12.4. The highest BCUT2D eigenvalue weighted by Crippen LogP contribution is 2.28. The number of benzene rings is 2. The van der Waals surface area contributed by atoms with E-state index in [9.17, 15) is 9.59 Å². The summed E-state index contributed by atoms with van der Waals surface area (Å²) >= 11 is 0. The van der Waals surface area contributed by atoms with E-state index >= 15 is 0 Å². The minimum absolute atomic E-state index is 0.0649. The van der Waals surface area contributed by atoms with Gasteiger partial charge in [0.1, 0.15) is 11.5 Å². The maximum absolute atomic E-state index is 12.1. The third kappa shape index (κ3) is 4.86. The Hall–Kier alpha value is -3.28. The molecule has 0 unspecified atom stereocenters. The Morgan fingerprint density at radius 1 is 1.00 bits per heavy atom. The van der Waals surface area contributed by atoms with Crippen LogP contribution in [0.3, 0.4) is 0 Å². The molecule has 0 atom stereocenters. The van der Waals surface area contributed by atoms with Gasteiger partial charge in [0.2, 0.25) is 5.91 Å². The summed E-state index contributed by atoms with van der Waals surface area (Å²) in [6, 6.07) is 12.2. The molecule has 0 fully saturated rings. The van der Waals surface area contributed by atoms with Gasteiger partial charge < -0.3 is 19.7 Å². The number of hydrogen-bond donors (Lipinski definition) is 1. The number of carbonyl (C=O) groups excluding carboxylic acids is 2. The first-order valence-corrected chi connectivity index (χ1v) is 7.97. The molecule has 0 spiro atoms. The van der Waals surface area contributed by atoms with E-state index in [2.05, 4.69) is 5.32 Å². The summed E-state index contributed by atoms with van der Waals surface area (Å²) in [6.45, 7) is 0. The largest absolute Gasteiger partial charge is 0.497 e. The van der Waals surface area contributed by atoms with Crippen molar-refractivity contribution < 1.29 is 19.1 Å². The van der Waals surface area contributed by atoms with Crippen LogP contribution in [0.25, 0.3) is 6.08 Å². The number of rotatable bonds is 6. The number of methoxy groups -OCH3 is 2. The second kappa shape index (κ2) is 8.71. The number of nitrogens with zero attached hydrogens (tertiary/aromatic N) is 1. The van der Waals surface area contributed by atoms with Crippen LogP contribution in [0.5, 0.6) is 11.5 Å². The van der Waals surface area contributed by atoms with Crippen LogP contribution in [-0.2, 0) is 4.79 Å². The molecule has 0 aromatic heterocycles. The monoisotopic (exact) mass is 354 g/mol. The van der Waals surface area contributed by atoms with Crippen LogP contribution in [0.15, 0.2) is 48.5 Å². The summed E-state index contributed by atoms with van der Waals surface area (Å²) in [5, 5.41) is 2.76. The van der Waals surface area contributed by atoms with Crippen molar-refractivity contribution in [2.24, 2.45) is 0 Å². The van der Waals surface area contributed by atoms with E-state index in [0.29, 0.717) is 22.7 Å². The molecule has 2 rings (SSSR count). The summed E-state index contributed by atoms with van der Waals surface area (Å²) in [4.78, 5) is 25.5. The van der Waals surface area contributed by atoms with Gasteiger partial charge >= 0.3 is 0 Å². The van der Waals surface area contributed by atoms with Gasteiger partial charge in [-0.2, -0.15) is 0 Å². The molecule has 0 aliphatic rings. The smallest absolute Gasteiger partial charge is 0.253 e. The van der Waals surface area contributed by atoms with Gasteiger partial charge in [0.25, 0.3) is 5.91 Å². The molecular formula is C20H22N2O4. The zero-order chi connectivity index (χ0) is 19.1. The van der Waals surface area contributed by atoms with Crippen LogP contribution < -0.4 is 14.8 Å². The van der Waals surface area contributed by atoms with Crippen LogP contribution in [0, 0.1) is 0 Å². The van der Waals surface area contributed by atoms with Gasteiger partial charge in [0.05, 0.1) is 19.9 Å². The Morgan fingerprint density at radius 2 is 1.69 bits per heavy atom. The van der Waals surface area contributed by atoms with E-state index in [0.717, 1.165) is 5.56 Å². The second-order valence-corrected chi connectivity index (χ2v) is 5.71. The van der Waals surface area contributed by atoms with Crippen molar-refractivity contribution >= 4 is 23.6 Å². The summed E-state index contributed by atoms with van der Waals surface area (Å²) in [5.74, 6) is 0.798. The van der Waals surface area contributed by atoms with Crippen LogP contribution in [0.2, 0.25) is 0 Å². The lowest BCUT2D eigenvalue weighted by Gasteiger charge is -2.10. The number of anilines is 1. The Morgan fingerprint density at radius 3 is 2.27 bits per heavy atom. The van der Waals surface area contributed by atoms with E-state index in [1.54, 1.807) is 69.7 Å². The molecule has 0 saturated carbocycles. The van der Waals surface area contributed by atoms with Crippen LogP contribution in [-0.4, -0.2) is 45.0 Å². The number of ether oxygens (including phenoxy) is 2. The van der Waals surface area contributed by atoms with Gasteiger partial charge in [0, 0.05) is 31.8 Å². The van der Waals surface area contributed by atoms with Gasteiger partial charge in [-0.15, -0.1) is 0 Å². The van der Waals surface area contributed by atoms with E-state index in [4.69, 9.17) is 9.47 Å². The number of carbonyl (C=O) groups is 2. The molecule has 2 aromatic rings. The van der Waals surface area contributed by atoms with Crippen LogP contribution in [0.4, 0.5) is 5.69 Å². The summed E-state index contributed by atoms with van der Waals surface area (Å²) in [6.07, 6.45) is 3.10. The van der Waals surface area contributed by atoms with Crippen molar-refractivity contribution in [1.29, 1.82) is 0 Å². The topological polar surface area (TPSA) is 67.9 Å². The molecule has 1 N–H and O–H groups in total. The van der Waals surface area contributed by atoms with Crippen molar-refractivity contribution in [1.82, 2.24) is 4.90 Å². The van der Waals surface area contributed by atoms with Gasteiger partial charge in [-0.25, -0.2) is 0 Å². The highest BCUT2D eigenvalue weighted by atomic mass is 16.5. The first-order valence-electron chi connectivity index (χ1n) is 7.97. The second-order valence-electron chi connectivity index (χ2n) is 5.71. The lowest BCUT2D eigenvalue weighted by atomic mass is 10.1. The van der Waals surface area contributed by atoms with Gasteiger partial charge in [-0.1, -0.05) is 12.1 Å². The Kier molecular flexibility index (Phi) is 6.38. The maximum Gasteiger partial charge on any atom is 0.253 e. The average molecular weight is 354 g/mol. The molecule has 26 heavy (non-hydrogen) atoms. The van der Waals surface area contributed by atoms with Gasteiger partial charge in [-0.3, -0.25) is 9.59 Å². The minimum atomic E-state index is -0.290. The van der Waals surface area contributed by atoms with E-state index < -0.39 is 0 Å². The number of hydrogen-bond acceptors (Lipinski definition) is 4. The third-order valence-corrected chi connectivity index (χ3v) is 3.66. The minimum Gasteiger partial charge on any atom is -0.497 e. The van der Waals surface area contributed by atoms with Crippen molar-refractivity contribution in [3.63, 3.8) is 0 Å². The quantitative estimate of drug-likeness (QED) is 0.810. The molecule has 6 heteroatoms. The van der Waals surface area contributed by atoms with Crippen molar-refractivity contribution in [2.45, 2.75) is 0 Å².